The van der Waals surface area contributed by atoms with Crippen LogP contribution in [0.2, 0.25) is 5.02 Å². The van der Waals surface area contributed by atoms with Crippen LogP contribution in [0.5, 0.6) is 11.5 Å². The summed E-state index contributed by atoms with van der Waals surface area (Å²) in [6.45, 7) is 4.51. The lowest BCUT2D eigenvalue weighted by Crippen LogP contribution is -2.02. The molecule has 0 bridgehead atoms. The van der Waals surface area contributed by atoms with E-state index in [4.69, 9.17) is 31.4 Å². The summed E-state index contributed by atoms with van der Waals surface area (Å²) >= 11 is 6.31. The zero-order valence-corrected chi connectivity index (χ0v) is 15.2. The lowest BCUT2D eigenvalue weighted by molar-refractivity contribution is -0.132. The quantitative estimate of drug-likeness (QED) is 0.567. The Kier molecular flexibility index (Phi) is 6.65. The SMILES string of the molecule is CCOc1cc(C=C(C#N)C(=O)O)cc(Cl)c1OCc1cccc(C)c1. The van der Waals surface area contributed by atoms with Gasteiger partial charge in [-0.3, -0.25) is 0 Å². The van der Waals surface area contributed by atoms with E-state index in [1.54, 1.807) is 12.1 Å². The van der Waals surface area contributed by atoms with Gasteiger partial charge >= 0.3 is 5.97 Å². The fraction of sp³-hybridized carbons (Fsp3) is 0.200. The fourth-order valence-electron chi connectivity index (χ4n) is 2.34. The van der Waals surface area contributed by atoms with Gasteiger partial charge in [0.25, 0.3) is 0 Å². The van der Waals surface area contributed by atoms with Crippen molar-refractivity contribution in [3.63, 3.8) is 0 Å². The van der Waals surface area contributed by atoms with Crippen molar-refractivity contribution in [1.82, 2.24) is 0 Å². The second kappa shape index (κ2) is 8.93. The zero-order valence-electron chi connectivity index (χ0n) is 14.5. The van der Waals surface area contributed by atoms with E-state index in [-0.39, 0.29) is 5.02 Å². The van der Waals surface area contributed by atoms with Crippen LogP contribution in [0.3, 0.4) is 0 Å². The zero-order chi connectivity index (χ0) is 19.1. The molecule has 0 saturated carbocycles. The lowest BCUT2D eigenvalue weighted by Gasteiger charge is -2.15. The van der Waals surface area contributed by atoms with E-state index in [1.165, 1.54) is 12.1 Å². The third-order valence-electron chi connectivity index (χ3n) is 3.46. The monoisotopic (exact) mass is 371 g/mol. The van der Waals surface area contributed by atoms with Gasteiger partial charge in [-0.2, -0.15) is 5.26 Å². The van der Waals surface area contributed by atoms with E-state index in [9.17, 15) is 4.79 Å². The van der Waals surface area contributed by atoms with Crippen LogP contribution in [-0.2, 0) is 11.4 Å². The summed E-state index contributed by atoms with van der Waals surface area (Å²) in [6, 6.07) is 12.7. The highest BCUT2D eigenvalue weighted by Crippen LogP contribution is 2.37. The number of ether oxygens (including phenoxy) is 2. The number of carboxylic acid groups (broad SMARTS) is 1. The van der Waals surface area contributed by atoms with Crippen LogP contribution in [0.4, 0.5) is 0 Å². The molecule has 6 heteroatoms. The maximum Gasteiger partial charge on any atom is 0.346 e. The van der Waals surface area contributed by atoms with Crippen molar-refractivity contribution in [3.8, 4) is 17.6 Å². The molecule has 1 N–H and O–H groups in total. The Balaban J connectivity index is 2.34. The molecule has 0 heterocycles. The molecule has 0 saturated heterocycles. The van der Waals surface area contributed by atoms with Crippen molar-refractivity contribution >= 4 is 23.6 Å². The van der Waals surface area contributed by atoms with Gasteiger partial charge in [0, 0.05) is 0 Å². The molecule has 0 radical (unpaired) electrons. The Labute approximate surface area is 157 Å². The van der Waals surface area contributed by atoms with Crippen LogP contribution in [-0.4, -0.2) is 17.7 Å². The Hall–Kier alpha value is -2.97. The highest BCUT2D eigenvalue weighted by atomic mass is 35.5. The van der Waals surface area contributed by atoms with E-state index >= 15 is 0 Å². The number of carboxylic acids is 1. The topological polar surface area (TPSA) is 79.5 Å². The average molecular weight is 372 g/mol. The molecule has 0 atom stereocenters. The first-order valence-electron chi connectivity index (χ1n) is 7.94. The minimum Gasteiger partial charge on any atom is -0.490 e. The Bertz CT molecular complexity index is 884. The van der Waals surface area contributed by atoms with E-state index in [2.05, 4.69) is 0 Å². The molecule has 0 aliphatic rings. The van der Waals surface area contributed by atoms with Crippen LogP contribution in [0, 0.1) is 18.3 Å². The number of rotatable bonds is 7. The second-order valence-electron chi connectivity index (χ2n) is 5.52. The van der Waals surface area contributed by atoms with Crippen molar-refractivity contribution in [2.45, 2.75) is 20.5 Å². The molecule has 2 aromatic carbocycles. The molecule has 0 aliphatic carbocycles. The summed E-state index contributed by atoms with van der Waals surface area (Å²) in [5.41, 5.74) is 2.17. The molecule has 134 valence electrons. The second-order valence-corrected chi connectivity index (χ2v) is 5.92. The van der Waals surface area contributed by atoms with Crippen LogP contribution < -0.4 is 9.47 Å². The van der Waals surface area contributed by atoms with Gasteiger partial charge in [0.2, 0.25) is 0 Å². The summed E-state index contributed by atoms with van der Waals surface area (Å²) in [5.74, 6) is -0.538. The number of nitriles is 1. The van der Waals surface area contributed by atoms with Crippen molar-refractivity contribution < 1.29 is 19.4 Å². The first-order chi connectivity index (χ1) is 12.4. The molecule has 0 spiro atoms. The van der Waals surface area contributed by atoms with E-state index in [0.29, 0.717) is 30.3 Å². The molecular weight excluding hydrogens is 354 g/mol. The third-order valence-corrected chi connectivity index (χ3v) is 3.74. The minimum absolute atomic E-state index is 0.275. The summed E-state index contributed by atoms with van der Waals surface area (Å²) in [7, 11) is 0. The van der Waals surface area contributed by atoms with E-state index < -0.39 is 11.5 Å². The summed E-state index contributed by atoms with van der Waals surface area (Å²) in [4.78, 5) is 11.0. The number of carbonyl (C=O) groups is 1. The molecule has 0 aromatic heterocycles. The number of halogens is 1. The summed E-state index contributed by atoms with van der Waals surface area (Å²) in [6.07, 6.45) is 1.24. The molecule has 2 rings (SSSR count). The van der Waals surface area contributed by atoms with Gasteiger partial charge in [-0.1, -0.05) is 41.4 Å². The number of benzene rings is 2. The van der Waals surface area contributed by atoms with Gasteiger partial charge in [0.1, 0.15) is 18.2 Å². The highest BCUT2D eigenvalue weighted by molar-refractivity contribution is 6.32. The van der Waals surface area contributed by atoms with Gasteiger partial charge < -0.3 is 14.6 Å². The van der Waals surface area contributed by atoms with E-state index in [0.717, 1.165) is 11.1 Å². The van der Waals surface area contributed by atoms with Crippen molar-refractivity contribution in [2.24, 2.45) is 0 Å². The van der Waals surface area contributed by atoms with Crippen LogP contribution in [0.25, 0.3) is 6.08 Å². The smallest absolute Gasteiger partial charge is 0.346 e. The first-order valence-corrected chi connectivity index (χ1v) is 8.32. The highest BCUT2D eigenvalue weighted by Gasteiger charge is 2.14. The molecule has 0 unspecified atom stereocenters. The number of nitrogens with zero attached hydrogens (tertiary/aromatic N) is 1. The van der Waals surface area contributed by atoms with Crippen LogP contribution >= 0.6 is 11.6 Å². The normalized spacial score (nSPS) is 10.9. The van der Waals surface area contributed by atoms with Crippen LogP contribution in [0.15, 0.2) is 42.0 Å². The van der Waals surface area contributed by atoms with Crippen LogP contribution in [0.1, 0.15) is 23.6 Å². The van der Waals surface area contributed by atoms with Crippen molar-refractivity contribution in [3.05, 3.63) is 63.7 Å². The summed E-state index contributed by atoms with van der Waals surface area (Å²) < 4.78 is 11.4. The molecular formula is C20H18ClNO4. The molecule has 5 nitrogen and oxygen atoms in total. The fourth-order valence-corrected chi connectivity index (χ4v) is 2.61. The molecule has 0 amide bonds. The first kappa shape index (κ1) is 19.4. The van der Waals surface area contributed by atoms with Gasteiger partial charge in [0.05, 0.1) is 11.6 Å². The maximum atomic E-state index is 11.0. The number of aliphatic carboxylic acids is 1. The molecule has 0 fully saturated rings. The minimum atomic E-state index is -1.30. The maximum absolute atomic E-state index is 11.0. The van der Waals surface area contributed by atoms with Gasteiger partial charge in [-0.15, -0.1) is 0 Å². The van der Waals surface area contributed by atoms with Gasteiger partial charge in [-0.05, 0) is 43.2 Å². The van der Waals surface area contributed by atoms with E-state index in [1.807, 2.05) is 38.1 Å². The molecule has 26 heavy (non-hydrogen) atoms. The van der Waals surface area contributed by atoms with Crippen molar-refractivity contribution in [1.29, 1.82) is 5.26 Å². The predicted octanol–water partition coefficient (Wildman–Crippen LogP) is 4.62. The Morgan fingerprint density at radius 2 is 2.08 bits per heavy atom. The summed E-state index contributed by atoms with van der Waals surface area (Å²) in [5, 5.41) is 18.2. The Morgan fingerprint density at radius 3 is 2.69 bits per heavy atom. The largest absolute Gasteiger partial charge is 0.490 e. The number of hydrogen-bond acceptors (Lipinski definition) is 4. The standard InChI is InChI=1S/C20H18ClNO4/c1-3-25-18-10-15(8-16(11-22)20(23)24)9-17(21)19(18)26-12-14-6-4-5-13(2)7-14/h4-10H,3,12H2,1-2H3,(H,23,24). The number of hydrogen-bond donors (Lipinski definition) is 1. The lowest BCUT2D eigenvalue weighted by atomic mass is 10.1. The number of aryl methyl sites for hydroxylation is 1. The van der Waals surface area contributed by atoms with Crippen molar-refractivity contribution in [2.75, 3.05) is 6.61 Å². The predicted molar refractivity (Wildman–Crippen MR) is 99.4 cm³/mol. The Morgan fingerprint density at radius 1 is 1.31 bits per heavy atom. The molecule has 2 aromatic rings. The van der Waals surface area contributed by atoms with Gasteiger partial charge in [0.15, 0.2) is 11.5 Å². The van der Waals surface area contributed by atoms with Gasteiger partial charge in [-0.25, -0.2) is 4.79 Å². The third kappa shape index (κ3) is 5.01. The molecule has 0 aliphatic heterocycles. The average Bonchev–Trinajstić information content (AvgIpc) is 2.59.